The minimum atomic E-state index is 0.497. The first-order valence-electron chi connectivity index (χ1n) is 11.5. The van der Waals surface area contributed by atoms with Crippen molar-refractivity contribution in [3.8, 4) is 17.3 Å². The predicted molar refractivity (Wildman–Crippen MR) is 132 cm³/mol. The quantitative estimate of drug-likeness (QED) is 0.565. The van der Waals surface area contributed by atoms with E-state index in [4.69, 9.17) is 4.74 Å². The second-order valence-corrected chi connectivity index (χ2v) is 8.60. The second-order valence-electron chi connectivity index (χ2n) is 8.60. The smallest absolute Gasteiger partial charge is 0.227 e. The average Bonchev–Trinajstić information content (AvgIpc) is 3.31. The highest BCUT2D eigenvalue weighted by Crippen LogP contribution is 2.28. The van der Waals surface area contributed by atoms with E-state index in [2.05, 4.69) is 54.8 Å². The van der Waals surface area contributed by atoms with Crippen molar-refractivity contribution in [3.63, 3.8) is 0 Å². The molecule has 2 saturated heterocycles. The highest BCUT2D eigenvalue weighted by Gasteiger charge is 2.20. The summed E-state index contributed by atoms with van der Waals surface area (Å²) in [6.45, 7) is 10.1. The van der Waals surface area contributed by atoms with E-state index in [1.54, 1.807) is 12.4 Å². The summed E-state index contributed by atoms with van der Waals surface area (Å²) in [5.74, 6) is 1.20. The van der Waals surface area contributed by atoms with Gasteiger partial charge < -0.3 is 15.0 Å². The molecule has 0 bridgehead atoms. The molecule has 0 unspecified atom stereocenters. The number of anilines is 3. The van der Waals surface area contributed by atoms with Gasteiger partial charge in [-0.3, -0.25) is 4.90 Å². The van der Waals surface area contributed by atoms with Crippen molar-refractivity contribution in [1.29, 1.82) is 5.26 Å². The van der Waals surface area contributed by atoms with E-state index >= 15 is 0 Å². The fourth-order valence-corrected chi connectivity index (χ4v) is 4.25. The highest BCUT2D eigenvalue weighted by molar-refractivity contribution is 5.67. The maximum Gasteiger partial charge on any atom is 0.227 e. The van der Waals surface area contributed by atoms with Crippen LogP contribution in [-0.4, -0.2) is 59.2 Å². The molecule has 0 atom stereocenters. The Bertz CT molecular complexity index is 1210. The number of nitrogens with one attached hydrogen (secondary N) is 1. The number of nitriles is 1. The van der Waals surface area contributed by atoms with Gasteiger partial charge >= 0.3 is 0 Å². The lowest BCUT2D eigenvalue weighted by Gasteiger charge is -2.26. The maximum atomic E-state index is 9.70. The molecule has 0 aliphatic carbocycles. The first-order chi connectivity index (χ1) is 16.7. The number of aromatic nitrogens is 3. The number of nitrogens with zero attached hydrogens (tertiary/aromatic N) is 6. The zero-order chi connectivity index (χ0) is 23.3. The monoisotopic (exact) mass is 453 g/mol. The van der Waals surface area contributed by atoms with Crippen LogP contribution in [-0.2, 0) is 11.3 Å². The molecule has 0 saturated carbocycles. The van der Waals surface area contributed by atoms with Crippen molar-refractivity contribution in [3.05, 3.63) is 72.1 Å². The average molecular weight is 454 g/mol. The Morgan fingerprint density at radius 1 is 1.09 bits per heavy atom. The summed E-state index contributed by atoms with van der Waals surface area (Å²) in [7, 11) is 0. The minimum Gasteiger partial charge on any atom is -0.379 e. The van der Waals surface area contributed by atoms with E-state index in [1.807, 2.05) is 24.3 Å². The molecule has 5 rings (SSSR count). The van der Waals surface area contributed by atoms with Gasteiger partial charge in [0.2, 0.25) is 5.95 Å². The topological polar surface area (TPSA) is 90.2 Å². The van der Waals surface area contributed by atoms with E-state index in [1.165, 1.54) is 5.56 Å². The number of hydrogen-bond donors (Lipinski definition) is 1. The first kappa shape index (κ1) is 22.0. The largest absolute Gasteiger partial charge is 0.379 e. The van der Waals surface area contributed by atoms with Gasteiger partial charge in [-0.2, -0.15) is 5.26 Å². The Morgan fingerprint density at radius 2 is 1.91 bits per heavy atom. The Kier molecular flexibility index (Phi) is 6.47. The van der Waals surface area contributed by atoms with Gasteiger partial charge in [-0.25, -0.2) is 15.0 Å². The molecule has 2 aliphatic rings. The first-order valence-corrected chi connectivity index (χ1v) is 11.5. The molecule has 0 spiro atoms. The molecule has 1 aromatic carbocycles. The van der Waals surface area contributed by atoms with Crippen LogP contribution in [0.5, 0.6) is 0 Å². The number of morpholine rings is 1. The van der Waals surface area contributed by atoms with Crippen LogP contribution < -0.4 is 10.2 Å². The van der Waals surface area contributed by atoms with Crippen LogP contribution in [0.25, 0.3) is 11.3 Å². The summed E-state index contributed by atoms with van der Waals surface area (Å²) >= 11 is 0. The van der Waals surface area contributed by atoms with E-state index in [-0.39, 0.29) is 0 Å². The van der Waals surface area contributed by atoms with Crippen LogP contribution in [0.2, 0.25) is 0 Å². The van der Waals surface area contributed by atoms with Crippen molar-refractivity contribution in [2.45, 2.75) is 13.0 Å². The van der Waals surface area contributed by atoms with Gasteiger partial charge in [-0.15, -0.1) is 0 Å². The molecule has 8 nitrogen and oxygen atoms in total. The summed E-state index contributed by atoms with van der Waals surface area (Å²) in [5.41, 5.74) is 5.38. The third-order valence-electron chi connectivity index (χ3n) is 6.11. The lowest BCUT2D eigenvalue weighted by Crippen LogP contribution is -2.35. The fraction of sp³-hybridized carbons (Fsp3) is 0.308. The van der Waals surface area contributed by atoms with Crippen molar-refractivity contribution < 1.29 is 4.74 Å². The van der Waals surface area contributed by atoms with Crippen molar-refractivity contribution >= 4 is 17.5 Å². The van der Waals surface area contributed by atoms with E-state index in [9.17, 15) is 5.26 Å². The third kappa shape index (κ3) is 5.06. The van der Waals surface area contributed by atoms with Gasteiger partial charge in [-0.05, 0) is 36.2 Å². The lowest BCUT2D eigenvalue weighted by atomic mass is 10.1. The lowest BCUT2D eigenvalue weighted by molar-refractivity contribution is 0.0342. The van der Waals surface area contributed by atoms with Crippen molar-refractivity contribution in [2.24, 2.45) is 0 Å². The zero-order valence-electron chi connectivity index (χ0n) is 19.1. The maximum absolute atomic E-state index is 9.70. The minimum absolute atomic E-state index is 0.497. The van der Waals surface area contributed by atoms with Gasteiger partial charge in [0.1, 0.15) is 11.9 Å². The molecule has 172 valence electrons. The predicted octanol–water partition coefficient (Wildman–Crippen LogP) is 3.75. The standard InChI is InChI=1S/C26H27N7O/c1-19-7-9-33(17-19)25-21(15-27)14-22(16-29-25)24-6-8-28-26(31-24)30-23-4-2-20(3-5-23)18-32-10-12-34-13-11-32/h2-6,8,14,16H,1,7,9-13,17-18H2,(H,28,30,31). The van der Waals surface area contributed by atoms with Gasteiger partial charge in [0.15, 0.2) is 0 Å². The molecule has 2 fully saturated rings. The van der Waals surface area contributed by atoms with E-state index in [0.29, 0.717) is 23.0 Å². The van der Waals surface area contributed by atoms with Crippen LogP contribution in [0.1, 0.15) is 17.5 Å². The number of pyridine rings is 1. The summed E-state index contributed by atoms with van der Waals surface area (Å²) in [5, 5.41) is 13.0. The SMILES string of the molecule is C=C1CCN(c2ncc(-c3ccnc(Nc4ccc(CN5CCOCC5)cc4)n3)cc2C#N)C1. The van der Waals surface area contributed by atoms with Gasteiger partial charge in [0.05, 0.1) is 24.5 Å². The molecule has 2 aromatic heterocycles. The van der Waals surface area contributed by atoms with E-state index in [0.717, 1.165) is 69.2 Å². The van der Waals surface area contributed by atoms with Crippen molar-refractivity contribution in [2.75, 3.05) is 49.6 Å². The molecule has 8 heteroatoms. The molecule has 1 N–H and O–H groups in total. The third-order valence-corrected chi connectivity index (χ3v) is 6.11. The van der Waals surface area contributed by atoms with Crippen LogP contribution in [0, 0.1) is 11.3 Å². The fourth-order valence-electron chi connectivity index (χ4n) is 4.25. The normalized spacial score (nSPS) is 16.4. The highest BCUT2D eigenvalue weighted by atomic mass is 16.5. The Hall–Kier alpha value is -3.80. The molecular formula is C26H27N7O. The summed E-state index contributed by atoms with van der Waals surface area (Å²) in [4.78, 5) is 18.1. The van der Waals surface area contributed by atoms with Crippen LogP contribution in [0.15, 0.2) is 60.9 Å². The molecule has 34 heavy (non-hydrogen) atoms. The van der Waals surface area contributed by atoms with Crippen LogP contribution in [0.4, 0.5) is 17.5 Å². The van der Waals surface area contributed by atoms with Crippen LogP contribution >= 0.6 is 0 Å². The summed E-state index contributed by atoms with van der Waals surface area (Å²) < 4.78 is 5.42. The number of hydrogen-bond acceptors (Lipinski definition) is 8. The Balaban J connectivity index is 1.29. The second kappa shape index (κ2) is 10.00. The summed E-state index contributed by atoms with van der Waals surface area (Å²) in [6, 6.07) is 14.3. The molecular weight excluding hydrogens is 426 g/mol. The Labute approximate surface area is 199 Å². The molecule has 0 radical (unpaired) electrons. The number of ether oxygens (including phenoxy) is 1. The summed E-state index contributed by atoms with van der Waals surface area (Å²) in [6.07, 6.45) is 4.41. The van der Waals surface area contributed by atoms with Gasteiger partial charge in [0.25, 0.3) is 0 Å². The molecule has 2 aliphatic heterocycles. The molecule has 3 aromatic rings. The zero-order valence-corrected chi connectivity index (χ0v) is 19.1. The van der Waals surface area contributed by atoms with Gasteiger partial charge in [0, 0.05) is 56.4 Å². The molecule has 4 heterocycles. The number of benzene rings is 1. The van der Waals surface area contributed by atoms with Crippen molar-refractivity contribution in [1.82, 2.24) is 19.9 Å². The van der Waals surface area contributed by atoms with E-state index < -0.39 is 0 Å². The molecule has 0 amide bonds. The Morgan fingerprint density at radius 3 is 2.65 bits per heavy atom. The number of rotatable bonds is 6. The van der Waals surface area contributed by atoms with Gasteiger partial charge in [-0.1, -0.05) is 24.3 Å². The van der Waals surface area contributed by atoms with Crippen LogP contribution in [0.3, 0.4) is 0 Å².